The zero-order valence-corrected chi connectivity index (χ0v) is 18.2. The minimum atomic E-state index is -4.16. The molecule has 3 rings (SSSR count). The molecular formula is C22H17Cl2NO4S. The fraction of sp³-hybridized carbons (Fsp3) is 0.0455. The maximum atomic E-state index is 13.2. The largest absolute Gasteiger partial charge is 0.497 e. The molecule has 5 nitrogen and oxygen atoms in total. The van der Waals surface area contributed by atoms with Crippen LogP contribution in [0.3, 0.4) is 0 Å². The molecule has 0 aliphatic rings. The molecule has 0 atom stereocenters. The third-order valence-electron chi connectivity index (χ3n) is 4.16. The minimum Gasteiger partial charge on any atom is -0.497 e. The van der Waals surface area contributed by atoms with E-state index in [0.717, 1.165) is 10.4 Å². The summed E-state index contributed by atoms with van der Waals surface area (Å²) in [5, 5.41) is 0.795. The number of carbonyl (C=O) groups excluding carboxylic acids is 1. The minimum absolute atomic E-state index is 0.00732. The highest BCUT2D eigenvalue weighted by Crippen LogP contribution is 2.27. The normalized spacial score (nSPS) is 11.4. The molecule has 0 heterocycles. The molecule has 0 radical (unpaired) electrons. The SMILES string of the molecule is COc1ccc(N(C(=O)/C=C/c2ccc(Cl)cc2Cl)S(=O)(=O)c2ccccc2)cc1. The Labute approximate surface area is 185 Å². The van der Waals surface area contributed by atoms with E-state index in [1.54, 1.807) is 42.5 Å². The molecule has 3 aromatic rings. The van der Waals surface area contributed by atoms with Crippen molar-refractivity contribution in [2.45, 2.75) is 4.90 Å². The molecule has 30 heavy (non-hydrogen) atoms. The van der Waals surface area contributed by atoms with E-state index in [2.05, 4.69) is 0 Å². The average molecular weight is 462 g/mol. The van der Waals surface area contributed by atoms with Gasteiger partial charge in [-0.25, -0.2) is 8.42 Å². The highest BCUT2D eigenvalue weighted by atomic mass is 35.5. The molecule has 0 fully saturated rings. The molecular weight excluding hydrogens is 445 g/mol. The fourth-order valence-electron chi connectivity index (χ4n) is 2.67. The van der Waals surface area contributed by atoms with E-state index in [0.29, 0.717) is 21.4 Å². The maximum absolute atomic E-state index is 13.2. The first kappa shape index (κ1) is 21.9. The van der Waals surface area contributed by atoms with Crippen molar-refractivity contribution in [2.24, 2.45) is 0 Å². The predicted octanol–water partition coefficient (Wildman–Crippen LogP) is 5.44. The molecule has 0 saturated carbocycles. The lowest BCUT2D eigenvalue weighted by molar-refractivity contribution is -0.113. The van der Waals surface area contributed by atoms with Gasteiger partial charge in [-0.15, -0.1) is 0 Å². The standard InChI is InChI=1S/C22H17Cl2NO4S/c1-29-19-12-10-18(11-13-19)25(30(27,28)20-5-3-2-4-6-20)22(26)14-8-16-7-9-17(23)15-21(16)24/h2-15H,1H3/b14-8+. The monoisotopic (exact) mass is 461 g/mol. The van der Waals surface area contributed by atoms with Crippen molar-refractivity contribution in [3.63, 3.8) is 0 Å². The molecule has 0 saturated heterocycles. The number of hydrogen-bond donors (Lipinski definition) is 0. The summed E-state index contributed by atoms with van der Waals surface area (Å²) >= 11 is 12.0. The first-order valence-corrected chi connectivity index (χ1v) is 10.9. The van der Waals surface area contributed by atoms with Gasteiger partial charge in [-0.1, -0.05) is 47.5 Å². The first-order valence-electron chi connectivity index (χ1n) is 8.74. The van der Waals surface area contributed by atoms with Crippen LogP contribution < -0.4 is 9.04 Å². The average Bonchev–Trinajstić information content (AvgIpc) is 2.74. The van der Waals surface area contributed by atoms with Crippen LogP contribution in [0.4, 0.5) is 5.69 Å². The van der Waals surface area contributed by atoms with Crippen LogP contribution in [0, 0.1) is 0 Å². The number of sulfonamides is 1. The second-order valence-electron chi connectivity index (χ2n) is 6.12. The lowest BCUT2D eigenvalue weighted by Gasteiger charge is -2.21. The molecule has 154 valence electrons. The lowest BCUT2D eigenvalue weighted by Crippen LogP contribution is -2.35. The molecule has 0 unspecified atom stereocenters. The molecule has 1 amide bonds. The Kier molecular flexibility index (Phi) is 6.82. The second-order valence-corrected chi connectivity index (χ2v) is 8.75. The van der Waals surface area contributed by atoms with Crippen LogP contribution in [0.2, 0.25) is 10.0 Å². The van der Waals surface area contributed by atoms with Gasteiger partial charge in [-0.05, 0) is 60.2 Å². The number of methoxy groups -OCH3 is 1. The van der Waals surface area contributed by atoms with E-state index in [1.165, 1.54) is 43.5 Å². The summed E-state index contributed by atoms with van der Waals surface area (Å²) in [4.78, 5) is 13.0. The summed E-state index contributed by atoms with van der Waals surface area (Å²) < 4.78 is 32.3. The van der Waals surface area contributed by atoms with Gasteiger partial charge in [0.15, 0.2) is 0 Å². The number of anilines is 1. The van der Waals surface area contributed by atoms with Crippen LogP contribution in [0.25, 0.3) is 6.08 Å². The van der Waals surface area contributed by atoms with Gasteiger partial charge in [0.2, 0.25) is 0 Å². The molecule has 3 aromatic carbocycles. The second kappa shape index (κ2) is 9.34. The zero-order chi connectivity index (χ0) is 21.7. The van der Waals surface area contributed by atoms with Crippen LogP contribution in [0.1, 0.15) is 5.56 Å². The van der Waals surface area contributed by atoms with Crippen molar-refractivity contribution in [1.29, 1.82) is 0 Å². The fourth-order valence-corrected chi connectivity index (χ4v) is 4.55. The Balaban J connectivity index is 2.04. The van der Waals surface area contributed by atoms with E-state index < -0.39 is 15.9 Å². The third-order valence-corrected chi connectivity index (χ3v) is 6.46. The zero-order valence-electron chi connectivity index (χ0n) is 15.8. The third kappa shape index (κ3) is 4.84. The molecule has 0 aliphatic carbocycles. The Bertz CT molecular complexity index is 1180. The number of halogens is 2. The van der Waals surface area contributed by atoms with Crippen LogP contribution in [-0.4, -0.2) is 21.4 Å². The van der Waals surface area contributed by atoms with E-state index in [1.807, 2.05) is 0 Å². The first-order chi connectivity index (χ1) is 14.3. The Morgan fingerprint density at radius 2 is 1.63 bits per heavy atom. The number of carbonyl (C=O) groups is 1. The summed E-state index contributed by atoms with van der Waals surface area (Å²) in [6.45, 7) is 0. The van der Waals surface area contributed by atoms with Gasteiger partial charge in [0, 0.05) is 16.1 Å². The Morgan fingerprint density at radius 1 is 0.967 bits per heavy atom. The van der Waals surface area contributed by atoms with Crippen molar-refractivity contribution in [2.75, 3.05) is 11.4 Å². The van der Waals surface area contributed by atoms with Gasteiger partial charge in [0.25, 0.3) is 15.9 Å². The predicted molar refractivity (Wildman–Crippen MR) is 120 cm³/mol. The number of ether oxygens (including phenoxy) is 1. The molecule has 0 N–H and O–H groups in total. The van der Waals surface area contributed by atoms with Crippen molar-refractivity contribution < 1.29 is 17.9 Å². The molecule has 0 bridgehead atoms. The summed E-state index contributed by atoms with van der Waals surface area (Å²) in [7, 11) is -2.66. The Morgan fingerprint density at radius 3 is 2.23 bits per heavy atom. The maximum Gasteiger partial charge on any atom is 0.271 e. The van der Waals surface area contributed by atoms with Gasteiger partial charge >= 0.3 is 0 Å². The van der Waals surface area contributed by atoms with Crippen LogP contribution >= 0.6 is 23.2 Å². The van der Waals surface area contributed by atoms with Crippen molar-refractivity contribution in [1.82, 2.24) is 0 Å². The van der Waals surface area contributed by atoms with Crippen molar-refractivity contribution >= 4 is 50.9 Å². The van der Waals surface area contributed by atoms with E-state index in [4.69, 9.17) is 27.9 Å². The Hall–Kier alpha value is -2.80. The van der Waals surface area contributed by atoms with Gasteiger partial charge in [-0.3, -0.25) is 4.79 Å². The van der Waals surface area contributed by atoms with Crippen molar-refractivity contribution in [3.8, 4) is 5.75 Å². The summed E-state index contributed by atoms with van der Waals surface area (Å²) in [5.74, 6) is -0.221. The molecule has 8 heteroatoms. The number of hydrogen-bond acceptors (Lipinski definition) is 4. The molecule has 0 aromatic heterocycles. The van der Waals surface area contributed by atoms with Gasteiger partial charge in [-0.2, -0.15) is 4.31 Å². The summed E-state index contributed by atoms with van der Waals surface area (Å²) in [5.41, 5.74) is 0.706. The highest BCUT2D eigenvalue weighted by molar-refractivity contribution is 7.93. The summed E-state index contributed by atoms with van der Waals surface area (Å²) in [6, 6.07) is 18.7. The lowest BCUT2D eigenvalue weighted by atomic mass is 10.2. The van der Waals surface area contributed by atoms with Crippen LogP contribution in [0.15, 0.2) is 83.8 Å². The van der Waals surface area contributed by atoms with E-state index in [9.17, 15) is 13.2 Å². The van der Waals surface area contributed by atoms with Crippen molar-refractivity contribution in [3.05, 3.63) is 94.5 Å². The van der Waals surface area contributed by atoms with Crippen LogP contribution in [-0.2, 0) is 14.8 Å². The van der Waals surface area contributed by atoms with Gasteiger partial charge in [0.1, 0.15) is 5.75 Å². The van der Waals surface area contributed by atoms with E-state index >= 15 is 0 Å². The number of nitrogens with zero attached hydrogens (tertiary/aromatic N) is 1. The highest BCUT2D eigenvalue weighted by Gasteiger charge is 2.29. The smallest absolute Gasteiger partial charge is 0.271 e. The molecule has 0 spiro atoms. The van der Waals surface area contributed by atoms with Crippen LogP contribution in [0.5, 0.6) is 5.75 Å². The quantitative estimate of drug-likeness (QED) is 0.458. The number of benzene rings is 3. The summed E-state index contributed by atoms with van der Waals surface area (Å²) in [6.07, 6.45) is 2.60. The molecule has 0 aliphatic heterocycles. The van der Waals surface area contributed by atoms with Gasteiger partial charge in [0.05, 0.1) is 17.7 Å². The number of rotatable bonds is 6. The van der Waals surface area contributed by atoms with Gasteiger partial charge < -0.3 is 4.74 Å². The number of amides is 1. The van der Waals surface area contributed by atoms with E-state index in [-0.39, 0.29) is 10.6 Å². The topological polar surface area (TPSA) is 63.7 Å².